The zero-order chi connectivity index (χ0) is 15.6. The smallest absolute Gasteiger partial charge is 0.293 e. The molecule has 1 fully saturated rings. The van der Waals surface area contributed by atoms with Crippen LogP contribution < -0.4 is 10.0 Å². The summed E-state index contributed by atoms with van der Waals surface area (Å²) in [6, 6.07) is 3.90. The Morgan fingerprint density at radius 2 is 2.10 bits per heavy atom. The molecule has 2 rings (SSSR count). The van der Waals surface area contributed by atoms with E-state index in [0.29, 0.717) is 30.6 Å². The van der Waals surface area contributed by atoms with Crippen molar-refractivity contribution in [3.63, 3.8) is 0 Å². The summed E-state index contributed by atoms with van der Waals surface area (Å²) >= 11 is 0. The van der Waals surface area contributed by atoms with Crippen LogP contribution in [0.1, 0.15) is 20.3 Å². The number of hydrogen-bond donors (Lipinski definition) is 2. The minimum atomic E-state index is -3.71. The number of sulfonamides is 1. The molecular formula is C13H19N3O4S. The zero-order valence-corrected chi connectivity index (χ0v) is 12.8. The Morgan fingerprint density at radius 1 is 1.43 bits per heavy atom. The van der Waals surface area contributed by atoms with Crippen molar-refractivity contribution in [3.05, 3.63) is 28.3 Å². The lowest BCUT2D eigenvalue weighted by Crippen LogP contribution is -2.26. The van der Waals surface area contributed by atoms with Gasteiger partial charge in [0.2, 0.25) is 10.0 Å². The van der Waals surface area contributed by atoms with Gasteiger partial charge in [0.05, 0.1) is 9.82 Å². The average Bonchev–Trinajstić information content (AvgIpc) is 3.13. The highest BCUT2D eigenvalue weighted by atomic mass is 32.2. The monoisotopic (exact) mass is 313 g/mol. The van der Waals surface area contributed by atoms with Crippen LogP contribution in [0.25, 0.3) is 0 Å². The first-order valence-electron chi connectivity index (χ1n) is 6.87. The molecule has 0 heterocycles. The molecule has 1 aromatic rings. The number of nitro benzene ring substituents is 1. The van der Waals surface area contributed by atoms with Crippen molar-refractivity contribution in [3.8, 4) is 0 Å². The molecule has 0 spiro atoms. The highest BCUT2D eigenvalue weighted by Crippen LogP contribution is 2.37. The lowest BCUT2D eigenvalue weighted by molar-refractivity contribution is -0.384. The van der Waals surface area contributed by atoms with E-state index in [1.807, 2.05) is 6.92 Å². The van der Waals surface area contributed by atoms with E-state index in [2.05, 4.69) is 17.0 Å². The van der Waals surface area contributed by atoms with Crippen LogP contribution in [0, 0.1) is 22.0 Å². The minimum Gasteiger partial charge on any atom is -0.380 e. The van der Waals surface area contributed by atoms with E-state index < -0.39 is 14.9 Å². The first kappa shape index (κ1) is 15.7. The third-order valence-electron chi connectivity index (χ3n) is 3.66. The number of nitrogens with one attached hydrogen (secondary N) is 2. The lowest BCUT2D eigenvalue weighted by atomic mass is 10.2. The molecule has 116 valence electrons. The van der Waals surface area contributed by atoms with Crippen LogP contribution in [0.3, 0.4) is 0 Å². The van der Waals surface area contributed by atoms with Crippen molar-refractivity contribution in [2.45, 2.75) is 25.2 Å². The van der Waals surface area contributed by atoms with Crippen molar-refractivity contribution in [1.82, 2.24) is 4.72 Å². The van der Waals surface area contributed by atoms with E-state index in [1.54, 1.807) is 0 Å². The Balaban J connectivity index is 2.22. The summed E-state index contributed by atoms with van der Waals surface area (Å²) in [5.74, 6) is 0.911. The molecule has 1 saturated carbocycles. The summed E-state index contributed by atoms with van der Waals surface area (Å²) in [5.41, 5.74) is 0.0804. The molecule has 0 bridgehead atoms. The zero-order valence-electron chi connectivity index (χ0n) is 12.0. The van der Waals surface area contributed by atoms with Gasteiger partial charge in [-0.1, -0.05) is 6.92 Å². The van der Waals surface area contributed by atoms with E-state index >= 15 is 0 Å². The Bertz CT molecular complexity index is 645. The molecule has 1 aliphatic carbocycles. The summed E-state index contributed by atoms with van der Waals surface area (Å²) in [4.78, 5) is 10.4. The van der Waals surface area contributed by atoms with Crippen molar-refractivity contribution in [2.75, 3.05) is 18.4 Å². The van der Waals surface area contributed by atoms with Gasteiger partial charge < -0.3 is 5.32 Å². The molecule has 1 aromatic carbocycles. The standard InChI is InChI=1S/C13H19N3O4S/c1-3-14-12-5-4-11(7-13(12)16(17)18)21(19,20)15-8-10-6-9(10)2/h4-5,7,9-10,14-15H,3,6,8H2,1-2H3. The second-order valence-electron chi connectivity index (χ2n) is 5.29. The van der Waals surface area contributed by atoms with Gasteiger partial charge in [-0.2, -0.15) is 0 Å². The molecule has 0 amide bonds. The molecule has 7 nitrogen and oxygen atoms in total. The minimum absolute atomic E-state index is 0.0795. The summed E-state index contributed by atoms with van der Waals surface area (Å²) in [6.45, 7) is 4.78. The largest absolute Gasteiger partial charge is 0.380 e. The average molecular weight is 313 g/mol. The lowest BCUT2D eigenvalue weighted by Gasteiger charge is -2.09. The second kappa shape index (κ2) is 5.98. The Morgan fingerprint density at radius 3 is 2.62 bits per heavy atom. The summed E-state index contributed by atoms with van der Waals surface area (Å²) in [6.07, 6.45) is 1.02. The molecule has 1 aliphatic rings. The van der Waals surface area contributed by atoms with E-state index in [9.17, 15) is 18.5 Å². The van der Waals surface area contributed by atoms with E-state index in [0.717, 1.165) is 12.5 Å². The molecule has 2 atom stereocenters. The molecule has 0 saturated heterocycles. The third kappa shape index (κ3) is 3.70. The molecule has 0 aromatic heterocycles. The topological polar surface area (TPSA) is 101 Å². The van der Waals surface area contributed by atoms with Crippen LogP contribution in [-0.4, -0.2) is 26.4 Å². The number of rotatable bonds is 7. The maximum absolute atomic E-state index is 12.2. The summed E-state index contributed by atoms with van der Waals surface area (Å²) in [5, 5.41) is 13.9. The van der Waals surface area contributed by atoms with Crippen LogP contribution in [0.15, 0.2) is 23.1 Å². The predicted molar refractivity (Wildman–Crippen MR) is 79.7 cm³/mol. The Kier molecular flexibility index (Phi) is 4.48. The molecule has 0 radical (unpaired) electrons. The van der Waals surface area contributed by atoms with Gasteiger partial charge in [0.15, 0.2) is 0 Å². The fourth-order valence-corrected chi connectivity index (χ4v) is 3.27. The van der Waals surface area contributed by atoms with E-state index in [1.165, 1.54) is 12.1 Å². The maximum atomic E-state index is 12.2. The highest BCUT2D eigenvalue weighted by molar-refractivity contribution is 7.89. The van der Waals surface area contributed by atoms with Gasteiger partial charge in [0.25, 0.3) is 5.69 Å². The third-order valence-corrected chi connectivity index (χ3v) is 5.08. The van der Waals surface area contributed by atoms with Gasteiger partial charge in [-0.25, -0.2) is 13.1 Å². The number of nitro groups is 1. The Labute approximate surface area is 123 Å². The molecule has 0 aliphatic heterocycles. The van der Waals surface area contributed by atoms with Crippen molar-refractivity contribution in [2.24, 2.45) is 11.8 Å². The normalized spacial score (nSPS) is 21.0. The first-order chi connectivity index (χ1) is 9.85. The summed E-state index contributed by atoms with van der Waals surface area (Å²) < 4.78 is 26.8. The van der Waals surface area contributed by atoms with Crippen LogP contribution in [0.4, 0.5) is 11.4 Å². The summed E-state index contributed by atoms with van der Waals surface area (Å²) in [7, 11) is -3.71. The first-order valence-corrected chi connectivity index (χ1v) is 8.35. The van der Waals surface area contributed by atoms with Crippen molar-refractivity contribution < 1.29 is 13.3 Å². The second-order valence-corrected chi connectivity index (χ2v) is 7.06. The van der Waals surface area contributed by atoms with Crippen molar-refractivity contribution in [1.29, 1.82) is 0 Å². The van der Waals surface area contributed by atoms with E-state index in [-0.39, 0.29) is 10.6 Å². The number of hydrogen-bond acceptors (Lipinski definition) is 5. The van der Waals surface area contributed by atoms with Crippen LogP contribution in [0.2, 0.25) is 0 Å². The molecule has 21 heavy (non-hydrogen) atoms. The number of anilines is 1. The fraction of sp³-hybridized carbons (Fsp3) is 0.538. The number of benzene rings is 1. The Hall–Kier alpha value is -1.67. The molecule has 2 N–H and O–H groups in total. The number of nitrogens with zero attached hydrogens (tertiary/aromatic N) is 1. The van der Waals surface area contributed by atoms with Crippen molar-refractivity contribution >= 4 is 21.4 Å². The van der Waals surface area contributed by atoms with Gasteiger partial charge in [0, 0.05) is 19.2 Å². The van der Waals surface area contributed by atoms with Crippen LogP contribution in [-0.2, 0) is 10.0 Å². The van der Waals surface area contributed by atoms with Gasteiger partial charge in [-0.15, -0.1) is 0 Å². The van der Waals surface area contributed by atoms with E-state index in [4.69, 9.17) is 0 Å². The quantitative estimate of drug-likeness (QED) is 0.592. The maximum Gasteiger partial charge on any atom is 0.293 e. The van der Waals surface area contributed by atoms with Crippen LogP contribution in [0.5, 0.6) is 0 Å². The molecular weight excluding hydrogens is 294 g/mol. The van der Waals surface area contributed by atoms with Crippen LogP contribution >= 0.6 is 0 Å². The fourth-order valence-electron chi connectivity index (χ4n) is 2.15. The SMILES string of the molecule is CCNc1ccc(S(=O)(=O)NCC2CC2C)cc1[N+](=O)[O-]. The van der Waals surface area contributed by atoms with Gasteiger partial charge in [0.1, 0.15) is 5.69 Å². The highest BCUT2D eigenvalue weighted by Gasteiger charge is 2.33. The van der Waals surface area contributed by atoms with Gasteiger partial charge in [-0.05, 0) is 37.3 Å². The van der Waals surface area contributed by atoms with Gasteiger partial charge >= 0.3 is 0 Å². The van der Waals surface area contributed by atoms with Gasteiger partial charge in [-0.3, -0.25) is 10.1 Å². The molecule has 8 heteroatoms. The molecule has 2 unspecified atom stereocenters. The predicted octanol–water partition coefficient (Wildman–Crippen LogP) is 1.96.